The Morgan fingerprint density at radius 3 is 1.92 bits per heavy atom. The van der Waals surface area contributed by atoms with Gasteiger partial charge in [0.15, 0.2) is 5.78 Å². The zero-order valence-electron chi connectivity index (χ0n) is 14.9. The molecule has 1 aliphatic carbocycles. The van der Waals surface area contributed by atoms with Gasteiger partial charge in [-0.2, -0.15) is 0 Å². The molecule has 0 spiro atoms. The third-order valence-corrected chi connectivity index (χ3v) is 4.93. The zero-order valence-corrected chi connectivity index (χ0v) is 16.5. The van der Waals surface area contributed by atoms with Crippen molar-refractivity contribution >= 4 is 33.9 Å². The van der Waals surface area contributed by atoms with E-state index in [0.717, 1.165) is 46.0 Å². The second-order valence-electron chi connectivity index (χ2n) is 6.22. The van der Waals surface area contributed by atoms with Gasteiger partial charge in [0.25, 0.3) is 0 Å². The number of benzene rings is 2. The van der Waals surface area contributed by atoms with Gasteiger partial charge in [-0.3, -0.25) is 4.79 Å². The lowest BCUT2D eigenvalue weighted by molar-refractivity contribution is -0.112. The van der Waals surface area contributed by atoms with Crippen LogP contribution >= 0.6 is 15.9 Å². The second-order valence-corrected chi connectivity index (χ2v) is 7.14. The number of Topliss-reactive ketones (excluding diaryl/α,β-unsaturated/α-hetero) is 1. The predicted molar refractivity (Wildman–Crippen MR) is 109 cm³/mol. The molecule has 0 N–H and O–H groups in total. The van der Waals surface area contributed by atoms with Gasteiger partial charge in [-0.25, -0.2) is 0 Å². The number of allylic oxidation sites excluding steroid dienone is 2. The fraction of sp³-hybridized carbons (Fsp3) is 0.227. The van der Waals surface area contributed by atoms with E-state index in [1.165, 1.54) is 0 Å². The van der Waals surface area contributed by atoms with E-state index in [4.69, 9.17) is 9.47 Å². The fourth-order valence-electron chi connectivity index (χ4n) is 3.05. The molecule has 0 bridgehead atoms. The minimum Gasteiger partial charge on any atom is -0.497 e. The third kappa shape index (κ3) is 4.44. The van der Waals surface area contributed by atoms with Gasteiger partial charge in [0.1, 0.15) is 11.5 Å². The van der Waals surface area contributed by atoms with Crippen LogP contribution < -0.4 is 9.47 Å². The van der Waals surface area contributed by atoms with Gasteiger partial charge in [-0.1, -0.05) is 28.1 Å². The highest BCUT2D eigenvalue weighted by Crippen LogP contribution is 2.30. The highest BCUT2D eigenvalue weighted by molar-refractivity contribution is 9.10. The SMILES string of the molecule is COc1cc(C=C2CCCC(=Cc3ccc(Br)cc3)C2=O)cc(OC)c1. The largest absolute Gasteiger partial charge is 0.497 e. The van der Waals surface area contributed by atoms with Crippen molar-refractivity contribution in [3.8, 4) is 11.5 Å². The molecule has 0 aromatic heterocycles. The molecule has 1 fully saturated rings. The van der Waals surface area contributed by atoms with Gasteiger partial charge >= 0.3 is 0 Å². The minimum absolute atomic E-state index is 0.126. The zero-order chi connectivity index (χ0) is 18.5. The molecule has 0 saturated heterocycles. The Bertz CT molecular complexity index is 841. The van der Waals surface area contributed by atoms with E-state index in [-0.39, 0.29) is 5.78 Å². The summed E-state index contributed by atoms with van der Waals surface area (Å²) >= 11 is 3.44. The summed E-state index contributed by atoms with van der Waals surface area (Å²) in [5.41, 5.74) is 3.64. The van der Waals surface area contributed by atoms with Crippen LogP contribution in [0.1, 0.15) is 30.4 Å². The standard InChI is InChI=1S/C22H21BrO3/c1-25-20-12-16(13-21(14-20)26-2)11-18-5-3-4-17(22(18)24)10-15-6-8-19(23)9-7-15/h6-14H,3-5H2,1-2H3. The van der Waals surface area contributed by atoms with Crippen LogP contribution in [0.3, 0.4) is 0 Å². The van der Waals surface area contributed by atoms with E-state index in [2.05, 4.69) is 15.9 Å². The molecule has 26 heavy (non-hydrogen) atoms. The Morgan fingerprint density at radius 2 is 1.38 bits per heavy atom. The van der Waals surface area contributed by atoms with Crippen molar-refractivity contribution in [3.63, 3.8) is 0 Å². The molecule has 1 saturated carbocycles. The number of ether oxygens (including phenoxy) is 2. The number of hydrogen-bond donors (Lipinski definition) is 0. The van der Waals surface area contributed by atoms with E-state index >= 15 is 0 Å². The lowest BCUT2D eigenvalue weighted by atomic mass is 9.87. The molecule has 3 rings (SSSR count). The molecule has 2 aromatic carbocycles. The van der Waals surface area contributed by atoms with Crippen molar-refractivity contribution in [2.24, 2.45) is 0 Å². The maximum atomic E-state index is 12.9. The van der Waals surface area contributed by atoms with Crippen LogP contribution in [0.15, 0.2) is 58.1 Å². The van der Waals surface area contributed by atoms with Crippen molar-refractivity contribution in [1.29, 1.82) is 0 Å². The molecule has 1 aliphatic rings. The maximum Gasteiger partial charge on any atom is 0.185 e. The van der Waals surface area contributed by atoms with Crippen molar-refractivity contribution in [2.45, 2.75) is 19.3 Å². The maximum absolute atomic E-state index is 12.9. The molecule has 134 valence electrons. The number of methoxy groups -OCH3 is 2. The number of rotatable bonds is 4. The normalized spacial score (nSPS) is 17.6. The molecule has 2 aromatic rings. The molecular formula is C22H21BrO3. The summed E-state index contributed by atoms with van der Waals surface area (Å²) in [7, 11) is 3.24. The Labute approximate surface area is 162 Å². The van der Waals surface area contributed by atoms with Crippen LogP contribution in [0.2, 0.25) is 0 Å². The van der Waals surface area contributed by atoms with Gasteiger partial charge in [0.05, 0.1) is 14.2 Å². The summed E-state index contributed by atoms with van der Waals surface area (Å²) < 4.78 is 11.7. The van der Waals surface area contributed by atoms with E-state index in [1.807, 2.05) is 54.6 Å². The van der Waals surface area contributed by atoms with E-state index in [9.17, 15) is 4.79 Å². The Balaban J connectivity index is 1.90. The number of carbonyl (C=O) groups excluding carboxylic acids is 1. The van der Waals surface area contributed by atoms with Crippen LogP contribution in [0, 0.1) is 0 Å². The van der Waals surface area contributed by atoms with Crippen LogP contribution in [0.25, 0.3) is 12.2 Å². The van der Waals surface area contributed by atoms with E-state index in [1.54, 1.807) is 14.2 Å². The van der Waals surface area contributed by atoms with Crippen LogP contribution in [-0.2, 0) is 4.79 Å². The molecule has 0 radical (unpaired) electrons. The van der Waals surface area contributed by atoms with Crippen molar-refractivity contribution in [2.75, 3.05) is 14.2 Å². The molecule has 4 heteroatoms. The summed E-state index contributed by atoms with van der Waals surface area (Å²) in [5.74, 6) is 1.55. The first-order chi connectivity index (χ1) is 12.6. The van der Waals surface area contributed by atoms with Gasteiger partial charge in [0, 0.05) is 21.7 Å². The lowest BCUT2D eigenvalue weighted by Crippen LogP contribution is -2.12. The molecule has 0 amide bonds. The van der Waals surface area contributed by atoms with Crippen molar-refractivity contribution < 1.29 is 14.3 Å². The second kappa shape index (κ2) is 8.37. The number of ketones is 1. The van der Waals surface area contributed by atoms with Gasteiger partial charge in [-0.05, 0) is 66.8 Å². The average Bonchev–Trinajstić information content (AvgIpc) is 2.66. The third-order valence-electron chi connectivity index (χ3n) is 4.40. The molecule has 0 atom stereocenters. The summed E-state index contributed by atoms with van der Waals surface area (Å²) in [4.78, 5) is 12.9. The first kappa shape index (κ1) is 18.5. The monoisotopic (exact) mass is 412 g/mol. The summed E-state index contributed by atoms with van der Waals surface area (Å²) in [6.07, 6.45) is 6.51. The smallest absolute Gasteiger partial charge is 0.185 e. The Morgan fingerprint density at radius 1 is 0.846 bits per heavy atom. The van der Waals surface area contributed by atoms with Crippen LogP contribution in [0.5, 0.6) is 11.5 Å². The minimum atomic E-state index is 0.126. The lowest BCUT2D eigenvalue weighted by Gasteiger charge is -2.17. The van der Waals surface area contributed by atoms with Crippen molar-refractivity contribution in [1.82, 2.24) is 0 Å². The van der Waals surface area contributed by atoms with E-state index in [0.29, 0.717) is 11.5 Å². The van der Waals surface area contributed by atoms with Gasteiger partial charge in [0.2, 0.25) is 0 Å². The average molecular weight is 413 g/mol. The first-order valence-electron chi connectivity index (χ1n) is 8.53. The van der Waals surface area contributed by atoms with Crippen LogP contribution in [-0.4, -0.2) is 20.0 Å². The van der Waals surface area contributed by atoms with Gasteiger partial charge in [-0.15, -0.1) is 0 Å². The summed E-state index contributed by atoms with van der Waals surface area (Å²) in [6, 6.07) is 13.6. The quantitative estimate of drug-likeness (QED) is 0.605. The number of hydrogen-bond acceptors (Lipinski definition) is 3. The Hall–Kier alpha value is -2.33. The first-order valence-corrected chi connectivity index (χ1v) is 9.33. The van der Waals surface area contributed by atoms with Crippen molar-refractivity contribution in [3.05, 3.63) is 69.2 Å². The summed E-state index contributed by atoms with van der Waals surface area (Å²) in [6.45, 7) is 0. The topological polar surface area (TPSA) is 35.5 Å². The van der Waals surface area contributed by atoms with Gasteiger partial charge < -0.3 is 9.47 Å². The van der Waals surface area contributed by atoms with E-state index < -0.39 is 0 Å². The van der Waals surface area contributed by atoms with Crippen LogP contribution in [0.4, 0.5) is 0 Å². The highest BCUT2D eigenvalue weighted by atomic mass is 79.9. The molecule has 3 nitrogen and oxygen atoms in total. The highest BCUT2D eigenvalue weighted by Gasteiger charge is 2.20. The number of carbonyl (C=O) groups is 1. The Kier molecular flexibility index (Phi) is 5.94. The number of halogens is 1. The molecular weight excluding hydrogens is 392 g/mol. The summed E-state index contributed by atoms with van der Waals surface area (Å²) in [5, 5.41) is 0. The molecule has 0 aliphatic heterocycles. The molecule has 0 unspecified atom stereocenters. The predicted octanol–water partition coefficient (Wildman–Crippen LogP) is 5.69. The molecule has 0 heterocycles. The fourth-order valence-corrected chi connectivity index (χ4v) is 3.32.